The van der Waals surface area contributed by atoms with Gasteiger partial charge in [0.25, 0.3) is 0 Å². The van der Waals surface area contributed by atoms with Crippen molar-refractivity contribution in [3.8, 4) is 5.75 Å². The monoisotopic (exact) mass is 293 g/mol. The van der Waals surface area contributed by atoms with Gasteiger partial charge in [-0.3, -0.25) is 0 Å². The Morgan fingerprint density at radius 3 is 2.76 bits per heavy atom. The lowest BCUT2D eigenvalue weighted by molar-refractivity contribution is 0.173. The van der Waals surface area contributed by atoms with Crippen LogP contribution in [0.1, 0.15) is 31.3 Å². The quantitative estimate of drug-likeness (QED) is 0.888. The number of rotatable bonds is 6. The molecule has 1 unspecified atom stereocenters. The van der Waals surface area contributed by atoms with Gasteiger partial charge in [-0.2, -0.15) is 5.10 Å². The Bertz CT molecular complexity index is 598. The number of nitrogens with zero attached hydrogens (tertiary/aromatic N) is 3. The van der Waals surface area contributed by atoms with Crippen LogP contribution < -0.4 is 4.74 Å². The van der Waals surface area contributed by atoms with E-state index < -0.39 is 11.9 Å². The van der Waals surface area contributed by atoms with Crippen molar-refractivity contribution in [2.45, 2.75) is 32.9 Å². The average Bonchev–Trinajstić information content (AvgIpc) is 2.85. The fourth-order valence-corrected chi connectivity index (χ4v) is 2.13. The molecule has 0 aliphatic rings. The minimum absolute atomic E-state index is 0.161. The van der Waals surface area contributed by atoms with Crippen LogP contribution in [0.2, 0.25) is 0 Å². The summed E-state index contributed by atoms with van der Waals surface area (Å²) in [5, 5.41) is 14.4. The molecule has 2 aromatic rings. The van der Waals surface area contributed by atoms with E-state index in [1.807, 2.05) is 0 Å². The van der Waals surface area contributed by atoms with Crippen LogP contribution in [-0.4, -0.2) is 27.0 Å². The fraction of sp³-hybridized carbons (Fsp3) is 0.467. The number of aromatic nitrogens is 3. The van der Waals surface area contributed by atoms with Gasteiger partial charge < -0.3 is 9.84 Å². The Hall–Kier alpha value is -1.95. The molecular formula is C15H20FN3O2. The maximum Gasteiger partial charge on any atom is 0.165 e. The summed E-state index contributed by atoms with van der Waals surface area (Å²) < 4.78 is 20.3. The van der Waals surface area contributed by atoms with Gasteiger partial charge in [0.2, 0.25) is 0 Å². The lowest BCUT2D eigenvalue weighted by Gasteiger charge is -2.13. The molecule has 21 heavy (non-hydrogen) atoms. The van der Waals surface area contributed by atoms with Crippen LogP contribution in [0.5, 0.6) is 5.75 Å². The predicted octanol–water partition coefficient (Wildman–Crippen LogP) is 2.36. The summed E-state index contributed by atoms with van der Waals surface area (Å²) >= 11 is 0. The number of hydrogen-bond donors (Lipinski definition) is 1. The number of benzene rings is 1. The molecular weight excluding hydrogens is 273 g/mol. The molecule has 1 atom stereocenters. The third-order valence-electron chi connectivity index (χ3n) is 3.17. The van der Waals surface area contributed by atoms with Gasteiger partial charge in [-0.1, -0.05) is 19.9 Å². The summed E-state index contributed by atoms with van der Waals surface area (Å²) in [6, 6.07) is 4.44. The van der Waals surface area contributed by atoms with E-state index in [-0.39, 0.29) is 5.75 Å². The molecule has 0 radical (unpaired) electrons. The smallest absolute Gasteiger partial charge is 0.165 e. The van der Waals surface area contributed by atoms with Crippen molar-refractivity contribution in [1.82, 2.24) is 14.8 Å². The first-order valence-electron chi connectivity index (χ1n) is 6.89. The molecule has 2 rings (SSSR count). The molecule has 1 N–H and O–H groups in total. The predicted molar refractivity (Wildman–Crippen MR) is 76.5 cm³/mol. The summed E-state index contributed by atoms with van der Waals surface area (Å²) in [5.41, 5.74) is 0.493. The summed E-state index contributed by atoms with van der Waals surface area (Å²) in [6.45, 7) is 4.90. The average molecular weight is 293 g/mol. The van der Waals surface area contributed by atoms with E-state index >= 15 is 0 Å². The van der Waals surface area contributed by atoms with E-state index in [0.29, 0.717) is 23.7 Å². The molecule has 1 aromatic heterocycles. The zero-order chi connectivity index (χ0) is 15.4. The number of ether oxygens (including phenoxy) is 1. The van der Waals surface area contributed by atoms with Crippen LogP contribution in [-0.2, 0) is 13.0 Å². The molecule has 0 amide bonds. The topological polar surface area (TPSA) is 60.2 Å². The highest BCUT2D eigenvalue weighted by molar-refractivity contribution is 5.30. The van der Waals surface area contributed by atoms with Crippen molar-refractivity contribution in [3.63, 3.8) is 0 Å². The van der Waals surface area contributed by atoms with Gasteiger partial charge in [0.05, 0.1) is 13.2 Å². The Morgan fingerprint density at radius 2 is 2.14 bits per heavy atom. The minimum Gasteiger partial charge on any atom is -0.494 e. The number of halogens is 1. The highest BCUT2D eigenvalue weighted by Gasteiger charge is 2.15. The van der Waals surface area contributed by atoms with Crippen molar-refractivity contribution in [3.05, 3.63) is 41.7 Å². The Morgan fingerprint density at radius 1 is 1.38 bits per heavy atom. The van der Waals surface area contributed by atoms with Crippen molar-refractivity contribution < 1.29 is 14.2 Å². The van der Waals surface area contributed by atoms with E-state index in [2.05, 4.69) is 23.9 Å². The van der Waals surface area contributed by atoms with Crippen LogP contribution in [0, 0.1) is 11.7 Å². The number of aliphatic hydroxyl groups excluding tert-OH is 1. The lowest BCUT2D eigenvalue weighted by atomic mass is 10.1. The lowest BCUT2D eigenvalue weighted by Crippen LogP contribution is -2.13. The molecule has 1 aromatic carbocycles. The second-order valence-electron chi connectivity index (χ2n) is 5.37. The van der Waals surface area contributed by atoms with E-state index in [1.165, 1.54) is 25.6 Å². The standard InChI is InChI=1S/C15H20FN3O2/c1-10(2)8-19-15(17-9-18-19)7-13(20)11-4-5-14(21-3)12(16)6-11/h4-6,9-10,13,20H,7-8H2,1-3H3. The first-order chi connectivity index (χ1) is 10.0. The normalized spacial score (nSPS) is 12.7. The molecule has 5 nitrogen and oxygen atoms in total. The van der Waals surface area contributed by atoms with Gasteiger partial charge in [0.1, 0.15) is 12.2 Å². The first-order valence-corrected chi connectivity index (χ1v) is 6.89. The maximum absolute atomic E-state index is 13.7. The summed E-state index contributed by atoms with van der Waals surface area (Å²) in [7, 11) is 1.41. The van der Waals surface area contributed by atoms with Gasteiger partial charge in [-0.15, -0.1) is 0 Å². The first kappa shape index (κ1) is 15.4. The third kappa shape index (κ3) is 3.78. The second-order valence-corrected chi connectivity index (χ2v) is 5.37. The highest BCUT2D eigenvalue weighted by Crippen LogP contribution is 2.23. The molecule has 0 spiro atoms. The van der Waals surface area contributed by atoms with Gasteiger partial charge in [0.15, 0.2) is 11.6 Å². The Labute approximate surface area is 123 Å². The zero-order valence-electron chi connectivity index (χ0n) is 12.5. The zero-order valence-corrected chi connectivity index (χ0v) is 12.5. The van der Waals surface area contributed by atoms with Gasteiger partial charge >= 0.3 is 0 Å². The second kappa shape index (κ2) is 6.67. The third-order valence-corrected chi connectivity index (χ3v) is 3.17. The van der Waals surface area contributed by atoms with Crippen molar-refractivity contribution in [2.24, 2.45) is 5.92 Å². The SMILES string of the molecule is COc1ccc(C(O)Cc2ncnn2CC(C)C)cc1F. The highest BCUT2D eigenvalue weighted by atomic mass is 19.1. The molecule has 0 saturated heterocycles. The fourth-order valence-electron chi connectivity index (χ4n) is 2.13. The Kier molecular flexibility index (Phi) is 4.90. The van der Waals surface area contributed by atoms with Crippen LogP contribution in [0.4, 0.5) is 4.39 Å². The van der Waals surface area contributed by atoms with E-state index in [1.54, 1.807) is 10.7 Å². The number of aliphatic hydroxyl groups is 1. The summed E-state index contributed by atoms with van der Waals surface area (Å²) in [6.07, 6.45) is 0.929. The molecule has 114 valence electrons. The van der Waals surface area contributed by atoms with Gasteiger partial charge in [-0.05, 0) is 23.6 Å². The minimum atomic E-state index is -0.833. The van der Waals surface area contributed by atoms with Crippen molar-refractivity contribution in [2.75, 3.05) is 7.11 Å². The van der Waals surface area contributed by atoms with Crippen LogP contribution >= 0.6 is 0 Å². The van der Waals surface area contributed by atoms with Crippen molar-refractivity contribution in [1.29, 1.82) is 0 Å². The van der Waals surface area contributed by atoms with Gasteiger partial charge in [0, 0.05) is 13.0 Å². The molecule has 0 bridgehead atoms. The summed E-state index contributed by atoms with van der Waals surface area (Å²) in [5.74, 6) is 0.792. The summed E-state index contributed by atoms with van der Waals surface area (Å²) in [4.78, 5) is 4.16. The molecule has 6 heteroatoms. The molecule has 0 aliphatic carbocycles. The largest absolute Gasteiger partial charge is 0.494 e. The number of methoxy groups -OCH3 is 1. The van der Waals surface area contributed by atoms with Crippen molar-refractivity contribution >= 4 is 0 Å². The maximum atomic E-state index is 13.7. The molecule has 0 aliphatic heterocycles. The molecule has 0 fully saturated rings. The molecule has 0 saturated carbocycles. The van der Waals surface area contributed by atoms with E-state index in [4.69, 9.17) is 4.74 Å². The van der Waals surface area contributed by atoms with Crippen LogP contribution in [0.25, 0.3) is 0 Å². The Balaban J connectivity index is 2.12. The van der Waals surface area contributed by atoms with E-state index in [9.17, 15) is 9.50 Å². The van der Waals surface area contributed by atoms with E-state index in [0.717, 1.165) is 6.54 Å². The molecule has 1 heterocycles. The van der Waals surface area contributed by atoms with Crippen LogP contribution in [0.15, 0.2) is 24.5 Å². The number of hydrogen-bond acceptors (Lipinski definition) is 4. The van der Waals surface area contributed by atoms with Gasteiger partial charge in [-0.25, -0.2) is 14.1 Å². The van der Waals surface area contributed by atoms with Crippen LogP contribution in [0.3, 0.4) is 0 Å².